The van der Waals surface area contributed by atoms with Gasteiger partial charge >= 0.3 is 0 Å². The fourth-order valence-corrected chi connectivity index (χ4v) is 3.77. The van der Waals surface area contributed by atoms with Crippen LogP contribution < -0.4 is 5.32 Å². The molecule has 0 aliphatic heterocycles. The lowest BCUT2D eigenvalue weighted by Gasteiger charge is -2.13. The molecule has 0 radical (unpaired) electrons. The summed E-state index contributed by atoms with van der Waals surface area (Å²) in [5, 5.41) is 5.02. The second-order valence-corrected chi connectivity index (χ2v) is 6.25. The van der Waals surface area contributed by atoms with E-state index in [9.17, 15) is 9.59 Å². The Labute approximate surface area is 128 Å². The Hall–Kier alpha value is -1.94. The van der Waals surface area contributed by atoms with Gasteiger partial charge in [-0.05, 0) is 61.2 Å². The van der Waals surface area contributed by atoms with Crippen LogP contribution in [0.15, 0.2) is 29.6 Å². The van der Waals surface area contributed by atoms with Crippen molar-refractivity contribution in [2.45, 2.75) is 32.6 Å². The zero-order valence-electron chi connectivity index (χ0n) is 11.9. The predicted molar refractivity (Wildman–Crippen MR) is 85.4 cm³/mol. The number of anilines is 1. The monoisotopic (exact) mass is 299 g/mol. The summed E-state index contributed by atoms with van der Waals surface area (Å²) in [4.78, 5) is 24.7. The third-order valence-corrected chi connectivity index (χ3v) is 4.91. The van der Waals surface area contributed by atoms with Crippen LogP contribution >= 0.6 is 11.3 Å². The van der Waals surface area contributed by atoms with Crippen LogP contribution in [-0.2, 0) is 12.8 Å². The Morgan fingerprint density at radius 2 is 2.00 bits per heavy atom. The first kappa shape index (κ1) is 14.0. The highest BCUT2D eigenvalue weighted by molar-refractivity contribution is 7.12. The maximum atomic E-state index is 12.4. The fourth-order valence-electron chi connectivity index (χ4n) is 2.71. The van der Waals surface area contributed by atoms with Gasteiger partial charge in [0.1, 0.15) is 0 Å². The standard InChI is InChI=1S/C17H17NO2S/c1-11(19)12-6-4-7-14(9-12)18-17(20)16-15-8-3-2-5-13(15)10-21-16/h4,6-7,9-10H,2-3,5,8H2,1H3,(H,18,20). The Kier molecular flexibility index (Phi) is 3.88. The Morgan fingerprint density at radius 1 is 1.19 bits per heavy atom. The molecule has 1 N–H and O–H groups in total. The number of hydrogen-bond acceptors (Lipinski definition) is 3. The zero-order valence-corrected chi connectivity index (χ0v) is 12.8. The van der Waals surface area contributed by atoms with Crippen molar-refractivity contribution >= 4 is 28.7 Å². The molecule has 1 aliphatic rings. The number of benzene rings is 1. The van der Waals surface area contributed by atoms with Crippen molar-refractivity contribution in [2.24, 2.45) is 0 Å². The molecule has 0 spiro atoms. The number of fused-ring (bicyclic) bond motifs is 1. The molecule has 3 rings (SSSR count). The molecule has 3 nitrogen and oxygen atoms in total. The molecule has 1 aromatic carbocycles. The number of ketones is 1. The molecule has 0 atom stereocenters. The van der Waals surface area contributed by atoms with E-state index >= 15 is 0 Å². The molecule has 0 unspecified atom stereocenters. The molecule has 21 heavy (non-hydrogen) atoms. The van der Waals surface area contributed by atoms with Gasteiger partial charge in [0.2, 0.25) is 0 Å². The largest absolute Gasteiger partial charge is 0.321 e. The maximum absolute atomic E-state index is 12.4. The minimum atomic E-state index is -0.0659. The van der Waals surface area contributed by atoms with Gasteiger partial charge in [0.25, 0.3) is 5.91 Å². The molecule has 0 bridgehead atoms. The summed E-state index contributed by atoms with van der Waals surface area (Å²) in [7, 11) is 0. The summed E-state index contributed by atoms with van der Waals surface area (Å²) < 4.78 is 0. The van der Waals surface area contributed by atoms with Gasteiger partial charge < -0.3 is 5.32 Å². The van der Waals surface area contributed by atoms with E-state index in [1.165, 1.54) is 35.8 Å². The van der Waals surface area contributed by atoms with Gasteiger partial charge in [-0.15, -0.1) is 11.3 Å². The lowest BCUT2D eigenvalue weighted by Crippen LogP contribution is -2.14. The van der Waals surface area contributed by atoms with Crippen molar-refractivity contribution in [2.75, 3.05) is 5.32 Å². The number of thiophene rings is 1. The van der Waals surface area contributed by atoms with E-state index in [0.29, 0.717) is 11.3 Å². The van der Waals surface area contributed by atoms with Gasteiger partial charge in [0.05, 0.1) is 4.88 Å². The SMILES string of the molecule is CC(=O)c1cccc(NC(=O)c2scc3c2CCCC3)c1. The summed E-state index contributed by atoms with van der Waals surface area (Å²) in [6, 6.07) is 7.08. The lowest BCUT2D eigenvalue weighted by molar-refractivity contribution is 0.101. The highest BCUT2D eigenvalue weighted by atomic mass is 32.1. The smallest absolute Gasteiger partial charge is 0.266 e. The van der Waals surface area contributed by atoms with Gasteiger partial charge in [-0.25, -0.2) is 0 Å². The molecule has 4 heteroatoms. The van der Waals surface area contributed by atoms with Crippen molar-refractivity contribution < 1.29 is 9.59 Å². The van der Waals surface area contributed by atoms with Gasteiger partial charge in [0.15, 0.2) is 5.78 Å². The highest BCUT2D eigenvalue weighted by Crippen LogP contribution is 2.30. The molecule has 1 aliphatic carbocycles. The molecular formula is C17H17NO2S. The normalized spacial score (nSPS) is 13.6. The number of amides is 1. The second kappa shape index (κ2) is 5.82. The quantitative estimate of drug-likeness (QED) is 0.868. The third-order valence-electron chi connectivity index (χ3n) is 3.84. The highest BCUT2D eigenvalue weighted by Gasteiger charge is 2.20. The average molecular weight is 299 g/mol. The minimum absolute atomic E-state index is 0.000369. The van der Waals surface area contributed by atoms with Crippen LogP contribution in [0.25, 0.3) is 0 Å². The molecular weight excluding hydrogens is 282 g/mol. The Balaban J connectivity index is 1.82. The molecule has 0 saturated heterocycles. The van der Waals surface area contributed by atoms with Gasteiger partial charge in [-0.2, -0.15) is 0 Å². The van der Waals surface area contributed by atoms with E-state index < -0.39 is 0 Å². The molecule has 1 heterocycles. The van der Waals surface area contributed by atoms with Crippen LogP contribution in [0.2, 0.25) is 0 Å². The second-order valence-electron chi connectivity index (χ2n) is 5.37. The number of rotatable bonds is 3. The fraction of sp³-hybridized carbons (Fsp3) is 0.294. The topological polar surface area (TPSA) is 46.2 Å². The van der Waals surface area contributed by atoms with Crippen LogP contribution in [0.3, 0.4) is 0 Å². The van der Waals surface area contributed by atoms with Crippen LogP contribution in [0.5, 0.6) is 0 Å². The van der Waals surface area contributed by atoms with Crippen LogP contribution in [0, 0.1) is 0 Å². The summed E-state index contributed by atoms with van der Waals surface area (Å²) in [5.41, 5.74) is 3.83. The van der Waals surface area contributed by atoms with Gasteiger partial charge in [-0.1, -0.05) is 12.1 Å². The third kappa shape index (κ3) is 2.90. The van der Waals surface area contributed by atoms with E-state index in [1.54, 1.807) is 18.2 Å². The number of hydrogen-bond donors (Lipinski definition) is 1. The first-order valence-electron chi connectivity index (χ1n) is 7.17. The average Bonchev–Trinajstić information content (AvgIpc) is 2.91. The Morgan fingerprint density at radius 3 is 2.81 bits per heavy atom. The number of Topliss-reactive ketones (excluding diaryl/α,β-unsaturated/α-hetero) is 1. The molecule has 108 valence electrons. The van der Waals surface area contributed by atoms with E-state index in [4.69, 9.17) is 0 Å². The van der Waals surface area contributed by atoms with Crippen LogP contribution in [-0.4, -0.2) is 11.7 Å². The number of carbonyl (C=O) groups is 2. The zero-order chi connectivity index (χ0) is 14.8. The number of nitrogens with one attached hydrogen (secondary N) is 1. The van der Waals surface area contributed by atoms with E-state index in [1.807, 2.05) is 6.07 Å². The van der Waals surface area contributed by atoms with Crippen molar-refractivity contribution in [1.82, 2.24) is 0 Å². The van der Waals surface area contributed by atoms with Crippen molar-refractivity contribution in [1.29, 1.82) is 0 Å². The maximum Gasteiger partial charge on any atom is 0.266 e. The minimum Gasteiger partial charge on any atom is -0.321 e. The first-order valence-corrected chi connectivity index (χ1v) is 8.04. The molecule has 0 saturated carbocycles. The van der Waals surface area contributed by atoms with E-state index in [0.717, 1.165) is 24.1 Å². The molecule has 0 fully saturated rings. The van der Waals surface area contributed by atoms with Gasteiger partial charge in [-0.3, -0.25) is 9.59 Å². The predicted octanol–water partition coefficient (Wildman–Crippen LogP) is 4.08. The van der Waals surface area contributed by atoms with Crippen molar-refractivity contribution in [3.8, 4) is 0 Å². The lowest BCUT2D eigenvalue weighted by atomic mass is 9.94. The molecule has 2 aromatic rings. The summed E-state index contributed by atoms with van der Waals surface area (Å²) >= 11 is 1.52. The summed E-state index contributed by atoms with van der Waals surface area (Å²) in [6.07, 6.45) is 4.45. The molecule has 1 aromatic heterocycles. The van der Waals surface area contributed by atoms with Gasteiger partial charge in [0, 0.05) is 11.3 Å². The summed E-state index contributed by atoms with van der Waals surface area (Å²) in [6.45, 7) is 1.52. The first-order chi connectivity index (χ1) is 10.1. The summed E-state index contributed by atoms with van der Waals surface area (Å²) in [5.74, 6) is -0.0662. The van der Waals surface area contributed by atoms with E-state index in [2.05, 4.69) is 10.7 Å². The van der Waals surface area contributed by atoms with Crippen molar-refractivity contribution in [3.05, 3.63) is 51.2 Å². The Bertz CT molecular complexity index is 703. The van der Waals surface area contributed by atoms with Crippen LogP contribution in [0.4, 0.5) is 5.69 Å². The van der Waals surface area contributed by atoms with Crippen molar-refractivity contribution in [3.63, 3.8) is 0 Å². The van der Waals surface area contributed by atoms with Crippen LogP contribution in [0.1, 0.15) is 50.9 Å². The number of aryl methyl sites for hydroxylation is 1. The number of carbonyl (C=O) groups excluding carboxylic acids is 2. The van der Waals surface area contributed by atoms with E-state index in [-0.39, 0.29) is 11.7 Å². The molecule has 1 amide bonds.